The van der Waals surface area contributed by atoms with Crippen LogP contribution in [0, 0.1) is 6.92 Å². The van der Waals surface area contributed by atoms with E-state index in [-0.39, 0.29) is 24.2 Å². The monoisotopic (exact) mass is 337 g/mol. The number of hydrogen-bond acceptors (Lipinski definition) is 3. The van der Waals surface area contributed by atoms with Crippen LogP contribution in [0.15, 0.2) is 18.2 Å². The Morgan fingerprint density at radius 1 is 1.26 bits per heavy atom. The minimum Gasteiger partial charge on any atom is -0.373 e. The Bertz CT molecular complexity index is 563. The smallest absolute Gasteiger partial charge is 0.220 e. The topological polar surface area (TPSA) is 47.6 Å². The predicted molar refractivity (Wildman–Crippen MR) is 89.8 cm³/mol. The Morgan fingerprint density at radius 2 is 2.04 bits per heavy atom. The van der Waals surface area contributed by atoms with Crippen LogP contribution in [0.2, 0.25) is 5.02 Å². The SMILES string of the molecule is Cc1cc(CCC(=O)NC2CCC3OCCOC3C2)ccc1Cl. The molecule has 1 aliphatic carbocycles. The summed E-state index contributed by atoms with van der Waals surface area (Å²) in [6, 6.07) is 6.14. The van der Waals surface area contributed by atoms with Crippen molar-refractivity contribution in [3.63, 3.8) is 0 Å². The highest BCUT2D eigenvalue weighted by Gasteiger charge is 2.34. The zero-order valence-electron chi connectivity index (χ0n) is 13.5. The Hall–Kier alpha value is -1.10. The van der Waals surface area contributed by atoms with Crippen LogP contribution < -0.4 is 5.32 Å². The van der Waals surface area contributed by atoms with E-state index in [0.717, 1.165) is 41.8 Å². The predicted octanol–water partition coefficient (Wildman–Crippen LogP) is 3.03. The quantitative estimate of drug-likeness (QED) is 0.918. The summed E-state index contributed by atoms with van der Waals surface area (Å²) in [5.74, 6) is 0.109. The van der Waals surface area contributed by atoms with E-state index in [9.17, 15) is 4.79 Å². The lowest BCUT2D eigenvalue weighted by atomic mass is 9.89. The van der Waals surface area contributed by atoms with E-state index in [1.807, 2.05) is 25.1 Å². The van der Waals surface area contributed by atoms with Gasteiger partial charge in [0, 0.05) is 17.5 Å². The third-order valence-electron chi connectivity index (χ3n) is 4.71. The molecule has 1 aliphatic heterocycles. The zero-order valence-corrected chi connectivity index (χ0v) is 14.3. The average molecular weight is 338 g/mol. The highest BCUT2D eigenvalue weighted by Crippen LogP contribution is 2.27. The van der Waals surface area contributed by atoms with Crippen LogP contribution in [-0.2, 0) is 20.7 Å². The summed E-state index contributed by atoms with van der Waals surface area (Å²) in [5, 5.41) is 3.92. The summed E-state index contributed by atoms with van der Waals surface area (Å²) in [6.45, 7) is 3.34. The molecule has 3 rings (SSSR count). The van der Waals surface area contributed by atoms with Crippen molar-refractivity contribution in [1.82, 2.24) is 5.32 Å². The molecule has 1 N–H and O–H groups in total. The van der Waals surface area contributed by atoms with Crippen molar-refractivity contribution in [3.8, 4) is 0 Å². The summed E-state index contributed by atoms with van der Waals surface area (Å²) in [6.07, 6.45) is 4.39. The number of amides is 1. The highest BCUT2D eigenvalue weighted by atomic mass is 35.5. The number of nitrogens with one attached hydrogen (secondary N) is 1. The molecule has 1 amide bonds. The highest BCUT2D eigenvalue weighted by molar-refractivity contribution is 6.31. The number of carbonyl (C=O) groups excluding carboxylic acids is 1. The first kappa shape index (κ1) is 16.7. The van der Waals surface area contributed by atoms with E-state index in [0.29, 0.717) is 19.6 Å². The maximum atomic E-state index is 12.2. The minimum absolute atomic E-state index is 0.109. The molecule has 0 radical (unpaired) electrons. The molecule has 1 aromatic rings. The van der Waals surface area contributed by atoms with E-state index in [1.54, 1.807) is 0 Å². The van der Waals surface area contributed by atoms with Gasteiger partial charge in [0.25, 0.3) is 0 Å². The molecule has 3 unspecified atom stereocenters. The number of benzene rings is 1. The molecule has 1 saturated carbocycles. The molecule has 1 aromatic carbocycles. The molecule has 2 fully saturated rings. The fraction of sp³-hybridized carbons (Fsp3) is 0.611. The van der Waals surface area contributed by atoms with Gasteiger partial charge in [-0.2, -0.15) is 0 Å². The summed E-state index contributed by atoms with van der Waals surface area (Å²) >= 11 is 6.03. The van der Waals surface area contributed by atoms with Crippen LogP contribution >= 0.6 is 11.6 Å². The van der Waals surface area contributed by atoms with E-state index in [4.69, 9.17) is 21.1 Å². The second kappa shape index (κ2) is 7.65. The van der Waals surface area contributed by atoms with Gasteiger partial charge in [0.1, 0.15) is 0 Å². The Balaban J connectivity index is 1.45. The van der Waals surface area contributed by atoms with Gasteiger partial charge in [-0.1, -0.05) is 23.7 Å². The van der Waals surface area contributed by atoms with Gasteiger partial charge in [-0.05, 0) is 49.8 Å². The molecule has 23 heavy (non-hydrogen) atoms. The number of hydrogen-bond donors (Lipinski definition) is 1. The first-order valence-electron chi connectivity index (χ1n) is 8.39. The van der Waals surface area contributed by atoms with Crippen molar-refractivity contribution in [2.75, 3.05) is 13.2 Å². The van der Waals surface area contributed by atoms with Crippen LogP contribution in [0.4, 0.5) is 0 Å². The second-order valence-electron chi connectivity index (χ2n) is 6.48. The molecule has 1 saturated heterocycles. The Morgan fingerprint density at radius 3 is 2.83 bits per heavy atom. The molecule has 4 nitrogen and oxygen atoms in total. The standard InChI is InChI=1S/C18H24ClNO3/c1-12-10-13(2-5-15(12)19)3-7-18(21)20-14-4-6-16-17(11-14)23-9-8-22-16/h2,5,10,14,16-17H,3-4,6-9,11H2,1H3,(H,20,21). The summed E-state index contributed by atoms with van der Waals surface area (Å²) in [4.78, 5) is 12.2. The largest absolute Gasteiger partial charge is 0.373 e. The van der Waals surface area contributed by atoms with E-state index < -0.39 is 0 Å². The molecule has 3 atom stereocenters. The lowest BCUT2D eigenvalue weighted by molar-refractivity contribution is -0.158. The van der Waals surface area contributed by atoms with Crippen LogP contribution in [0.3, 0.4) is 0 Å². The van der Waals surface area contributed by atoms with Gasteiger partial charge in [0.05, 0.1) is 25.4 Å². The normalized spacial score (nSPS) is 27.3. The third-order valence-corrected chi connectivity index (χ3v) is 5.13. The molecular formula is C18H24ClNO3. The second-order valence-corrected chi connectivity index (χ2v) is 6.89. The van der Waals surface area contributed by atoms with E-state index in [2.05, 4.69) is 5.32 Å². The van der Waals surface area contributed by atoms with Crippen LogP contribution in [0.25, 0.3) is 0 Å². The van der Waals surface area contributed by atoms with Gasteiger partial charge in [0.15, 0.2) is 0 Å². The zero-order chi connectivity index (χ0) is 16.2. The van der Waals surface area contributed by atoms with E-state index >= 15 is 0 Å². The first-order valence-corrected chi connectivity index (χ1v) is 8.77. The van der Waals surface area contributed by atoms with Crippen LogP contribution in [-0.4, -0.2) is 37.4 Å². The lowest BCUT2D eigenvalue weighted by Crippen LogP contribution is -2.49. The van der Waals surface area contributed by atoms with Crippen LogP contribution in [0.1, 0.15) is 36.8 Å². The van der Waals surface area contributed by atoms with Crippen molar-refractivity contribution in [3.05, 3.63) is 34.3 Å². The molecule has 5 heteroatoms. The number of carbonyl (C=O) groups is 1. The van der Waals surface area contributed by atoms with Gasteiger partial charge in [-0.25, -0.2) is 0 Å². The van der Waals surface area contributed by atoms with Gasteiger partial charge in [0.2, 0.25) is 5.91 Å². The molecule has 126 valence electrons. The summed E-state index contributed by atoms with van der Waals surface area (Å²) < 4.78 is 11.5. The maximum Gasteiger partial charge on any atom is 0.220 e. The molecule has 0 aromatic heterocycles. The number of fused-ring (bicyclic) bond motifs is 1. The van der Waals surface area contributed by atoms with Crippen molar-refractivity contribution in [1.29, 1.82) is 0 Å². The van der Waals surface area contributed by atoms with Crippen molar-refractivity contribution in [2.45, 2.75) is 57.3 Å². The molecule has 1 heterocycles. The van der Waals surface area contributed by atoms with Crippen molar-refractivity contribution >= 4 is 17.5 Å². The van der Waals surface area contributed by atoms with Crippen molar-refractivity contribution < 1.29 is 14.3 Å². The lowest BCUT2D eigenvalue weighted by Gasteiger charge is -2.39. The number of ether oxygens (including phenoxy) is 2. The number of aryl methyl sites for hydroxylation is 2. The number of halogens is 1. The Labute approximate surface area is 142 Å². The summed E-state index contributed by atoms with van der Waals surface area (Å²) in [7, 11) is 0. The van der Waals surface area contributed by atoms with Gasteiger partial charge >= 0.3 is 0 Å². The van der Waals surface area contributed by atoms with Crippen LogP contribution in [0.5, 0.6) is 0 Å². The number of rotatable bonds is 4. The first-order chi connectivity index (χ1) is 11.1. The molecule has 2 aliphatic rings. The fourth-order valence-corrected chi connectivity index (χ4v) is 3.54. The van der Waals surface area contributed by atoms with Gasteiger partial charge in [-0.15, -0.1) is 0 Å². The molecule has 0 spiro atoms. The minimum atomic E-state index is 0.109. The van der Waals surface area contributed by atoms with Gasteiger partial charge in [-0.3, -0.25) is 4.79 Å². The fourth-order valence-electron chi connectivity index (χ4n) is 3.42. The molecule has 0 bridgehead atoms. The van der Waals surface area contributed by atoms with Crippen molar-refractivity contribution in [2.24, 2.45) is 0 Å². The third kappa shape index (κ3) is 4.46. The van der Waals surface area contributed by atoms with E-state index in [1.165, 1.54) is 0 Å². The average Bonchev–Trinajstić information content (AvgIpc) is 2.56. The maximum absolute atomic E-state index is 12.2. The van der Waals surface area contributed by atoms with Gasteiger partial charge < -0.3 is 14.8 Å². The molecular weight excluding hydrogens is 314 g/mol. The summed E-state index contributed by atoms with van der Waals surface area (Å²) in [5.41, 5.74) is 2.20. The Kier molecular flexibility index (Phi) is 5.57.